The normalized spacial score (nSPS) is 31.7. The number of carbonyl (C=O) groups excluding carboxylic acids is 1. The number of amides is 1. The van der Waals surface area contributed by atoms with E-state index in [1.807, 2.05) is 30.4 Å². The van der Waals surface area contributed by atoms with E-state index < -0.39 is 5.60 Å². The van der Waals surface area contributed by atoms with Gasteiger partial charge in [0.25, 0.3) is 0 Å². The quantitative estimate of drug-likeness (QED) is 0.890. The van der Waals surface area contributed by atoms with Crippen LogP contribution in [0.15, 0.2) is 6.33 Å². The monoisotopic (exact) mass is 347 g/mol. The van der Waals surface area contributed by atoms with Crippen LogP contribution in [0.3, 0.4) is 0 Å². The van der Waals surface area contributed by atoms with E-state index >= 15 is 0 Å². The molecule has 0 radical (unpaired) electrons. The first-order valence-corrected chi connectivity index (χ1v) is 9.56. The van der Waals surface area contributed by atoms with Gasteiger partial charge in [-0.25, -0.2) is 14.5 Å². The van der Waals surface area contributed by atoms with Crippen LogP contribution in [-0.4, -0.2) is 49.5 Å². The molecular formula is C18H29N5O2. The van der Waals surface area contributed by atoms with Gasteiger partial charge in [-0.3, -0.25) is 0 Å². The minimum Gasteiger partial charge on any atom is -0.444 e. The molecule has 1 aromatic heterocycles. The van der Waals surface area contributed by atoms with Crippen molar-refractivity contribution in [3.05, 3.63) is 12.2 Å². The Labute approximate surface area is 149 Å². The number of hydrogen-bond acceptors (Lipinski definition) is 5. The predicted molar refractivity (Wildman–Crippen MR) is 93.0 cm³/mol. The molecule has 7 heteroatoms. The van der Waals surface area contributed by atoms with Crippen LogP contribution in [0.2, 0.25) is 0 Å². The summed E-state index contributed by atoms with van der Waals surface area (Å²) in [5, 5.41) is 8.11. The van der Waals surface area contributed by atoms with Crippen LogP contribution in [0, 0.1) is 0 Å². The lowest BCUT2D eigenvalue weighted by atomic mass is 9.95. The number of nitrogens with zero attached hydrogens (tertiary/aromatic N) is 4. The van der Waals surface area contributed by atoms with Crippen LogP contribution in [0.1, 0.15) is 71.2 Å². The highest BCUT2D eigenvalue weighted by Gasteiger charge is 2.45. The Morgan fingerprint density at radius 2 is 1.96 bits per heavy atom. The second-order valence-corrected chi connectivity index (χ2v) is 8.64. The van der Waals surface area contributed by atoms with Crippen molar-refractivity contribution in [3.63, 3.8) is 0 Å². The second kappa shape index (κ2) is 6.27. The van der Waals surface area contributed by atoms with Gasteiger partial charge in [0, 0.05) is 24.7 Å². The summed E-state index contributed by atoms with van der Waals surface area (Å²) in [5.74, 6) is 1.06. The number of ether oxygens (including phenoxy) is 1. The Hall–Kier alpha value is -1.63. The van der Waals surface area contributed by atoms with E-state index in [0.29, 0.717) is 18.1 Å². The van der Waals surface area contributed by atoms with Crippen molar-refractivity contribution in [2.24, 2.45) is 0 Å². The van der Waals surface area contributed by atoms with Crippen molar-refractivity contribution in [1.82, 2.24) is 25.0 Å². The third-order valence-electron chi connectivity index (χ3n) is 5.59. The Morgan fingerprint density at radius 1 is 1.24 bits per heavy atom. The number of aromatic nitrogens is 3. The average Bonchev–Trinajstić information content (AvgIpc) is 3.09. The van der Waals surface area contributed by atoms with Gasteiger partial charge in [0.15, 0.2) is 0 Å². The van der Waals surface area contributed by atoms with Gasteiger partial charge in [-0.15, -0.1) is 0 Å². The van der Waals surface area contributed by atoms with Crippen LogP contribution in [0.5, 0.6) is 0 Å². The van der Waals surface area contributed by atoms with Gasteiger partial charge in [0.05, 0.1) is 6.04 Å². The molecule has 138 valence electrons. The van der Waals surface area contributed by atoms with E-state index in [4.69, 9.17) is 4.74 Å². The maximum Gasteiger partial charge on any atom is 0.410 e. The van der Waals surface area contributed by atoms with E-state index in [1.54, 1.807) is 6.33 Å². The Balaban J connectivity index is 1.40. The molecule has 0 aliphatic carbocycles. The number of nitrogens with one attached hydrogen (secondary N) is 1. The van der Waals surface area contributed by atoms with Gasteiger partial charge in [-0.1, -0.05) is 0 Å². The molecule has 1 aromatic rings. The molecule has 0 spiro atoms. The lowest BCUT2D eigenvalue weighted by Crippen LogP contribution is -2.53. The van der Waals surface area contributed by atoms with E-state index in [2.05, 4.69) is 15.4 Å². The molecule has 3 aliphatic rings. The molecule has 3 atom stereocenters. The van der Waals surface area contributed by atoms with E-state index in [-0.39, 0.29) is 12.1 Å². The van der Waals surface area contributed by atoms with Crippen molar-refractivity contribution >= 4 is 6.09 Å². The third kappa shape index (κ3) is 3.38. The minimum absolute atomic E-state index is 0.143. The molecule has 3 aliphatic heterocycles. The molecule has 0 aromatic carbocycles. The first-order chi connectivity index (χ1) is 11.9. The summed E-state index contributed by atoms with van der Waals surface area (Å²) < 4.78 is 7.64. The summed E-state index contributed by atoms with van der Waals surface area (Å²) in [7, 11) is 0. The van der Waals surface area contributed by atoms with Crippen molar-refractivity contribution in [2.75, 3.05) is 0 Å². The Kier molecular flexibility index (Phi) is 4.22. The van der Waals surface area contributed by atoms with Gasteiger partial charge >= 0.3 is 6.09 Å². The number of fused-ring (bicyclic) bond motifs is 3. The molecule has 2 saturated heterocycles. The first kappa shape index (κ1) is 16.8. The number of rotatable bonds is 2. The average molecular weight is 347 g/mol. The SMILES string of the molecule is CC(C)(C)OC(=O)N1[C@H]2CC[C@H]1CC(N[C@H]1CCCn3ncnc31)C2. The predicted octanol–water partition coefficient (Wildman–Crippen LogP) is 2.63. The van der Waals surface area contributed by atoms with Crippen molar-refractivity contribution < 1.29 is 9.53 Å². The minimum atomic E-state index is -0.433. The molecule has 2 bridgehead atoms. The van der Waals surface area contributed by atoms with Gasteiger partial charge in [0.1, 0.15) is 17.8 Å². The van der Waals surface area contributed by atoms with Crippen LogP contribution in [0.4, 0.5) is 4.79 Å². The van der Waals surface area contributed by atoms with Gasteiger partial charge in [-0.2, -0.15) is 5.10 Å². The zero-order valence-electron chi connectivity index (χ0n) is 15.4. The molecule has 2 fully saturated rings. The molecule has 4 heterocycles. The zero-order valence-corrected chi connectivity index (χ0v) is 15.4. The highest BCUT2D eigenvalue weighted by Crippen LogP contribution is 2.38. The van der Waals surface area contributed by atoms with Crippen LogP contribution >= 0.6 is 0 Å². The van der Waals surface area contributed by atoms with Crippen LogP contribution in [0.25, 0.3) is 0 Å². The summed E-state index contributed by atoms with van der Waals surface area (Å²) in [5.41, 5.74) is -0.433. The van der Waals surface area contributed by atoms with E-state index in [1.165, 1.54) is 0 Å². The molecular weight excluding hydrogens is 318 g/mol. The first-order valence-electron chi connectivity index (χ1n) is 9.56. The Bertz CT molecular complexity index is 624. The Morgan fingerprint density at radius 3 is 2.64 bits per heavy atom. The van der Waals surface area contributed by atoms with E-state index in [9.17, 15) is 4.79 Å². The fourth-order valence-corrected chi connectivity index (χ4v) is 4.66. The lowest BCUT2D eigenvalue weighted by molar-refractivity contribution is 0.00405. The maximum atomic E-state index is 12.6. The topological polar surface area (TPSA) is 72.3 Å². The molecule has 0 saturated carbocycles. The molecule has 25 heavy (non-hydrogen) atoms. The fraction of sp³-hybridized carbons (Fsp3) is 0.833. The van der Waals surface area contributed by atoms with E-state index in [0.717, 1.165) is 50.9 Å². The summed E-state index contributed by atoms with van der Waals surface area (Å²) in [6.07, 6.45) is 7.94. The van der Waals surface area contributed by atoms with Crippen LogP contribution in [-0.2, 0) is 11.3 Å². The molecule has 4 rings (SSSR count). The largest absolute Gasteiger partial charge is 0.444 e. The molecule has 7 nitrogen and oxygen atoms in total. The molecule has 1 amide bonds. The number of hydrogen-bond donors (Lipinski definition) is 1. The van der Waals surface area contributed by atoms with Crippen LogP contribution < -0.4 is 5.32 Å². The standard InChI is InChI=1S/C18H29N5O2/c1-18(2,3)25-17(24)23-13-6-7-14(23)10-12(9-13)21-15-5-4-8-22-16(15)19-11-20-22/h11-15,21H,4-10H2,1-3H3/t13-,14-,15-/m0/s1. The maximum absolute atomic E-state index is 12.6. The zero-order chi connectivity index (χ0) is 17.6. The van der Waals surface area contributed by atoms with Gasteiger partial charge in [-0.05, 0) is 59.3 Å². The summed E-state index contributed by atoms with van der Waals surface area (Å²) in [6.45, 7) is 6.76. The van der Waals surface area contributed by atoms with Crippen molar-refractivity contribution in [3.8, 4) is 0 Å². The smallest absolute Gasteiger partial charge is 0.410 e. The second-order valence-electron chi connectivity index (χ2n) is 8.64. The lowest BCUT2D eigenvalue weighted by Gasteiger charge is -2.41. The molecule has 0 unspecified atom stereocenters. The summed E-state index contributed by atoms with van der Waals surface area (Å²) in [6, 6.07) is 1.32. The van der Waals surface area contributed by atoms with Crippen molar-refractivity contribution in [2.45, 2.75) is 95.6 Å². The highest BCUT2D eigenvalue weighted by atomic mass is 16.6. The number of carbonyl (C=O) groups is 1. The molecule has 1 N–H and O–H groups in total. The van der Waals surface area contributed by atoms with Gasteiger partial charge in [0.2, 0.25) is 0 Å². The number of aryl methyl sites for hydroxylation is 1. The highest BCUT2D eigenvalue weighted by molar-refractivity contribution is 5.69. The summed E-state index contributed by atoms with van der Waals surface area (Å²) in [4.78, 5) is 19.0. The summed E-state index contributed by atoms with van der Waals surface area (Å²) >= 11 is 0. The van der Waals surface area contributed by atoms with Gasteiger partial charge < -0.3 is 15.0 Å². The van der Waals surface area contributed by atoms with Crippen molar-refractivity contribution in [1.29, 1.82) is 0 Å². The fourth-order valence-electron chi connectivity index (χ4n) is 4.66. The third-order valence-corrected chi connectivity index (χ3v) is 5.59. The number of piperidine rings is 1.